The molecule has 0 aliphatic carbocycles. The lowest BCUT2D eigenvalue weighted by Crippen LogP contribution is -2.48. The van der Waals surface area contributed by atoms with Crippen molar-refractivity contribution >= 4 is 27.3 Å². The first kappa shape index (κ1) is 17.2. The average Bonchev–Trinajstić information content (AvgIpc) is 2.58. The molecule has 24 heavy (non-hydrogen) atoms. The molecule has 3 rings (SSSR count). The first-order valence-electron chi connectivity index (χ1n) is 7.82. The summed E-state index contributed by atoms with van der Waals surface area (Å²) in [7, 11) is -3.52. The number of aromatic nitrogens is 1. The van der Waals surface area contributed by atoms with Crippen molar-refractivity contribution in [2.24, 2.45) is 0 Å². The molecule has 7 heteroatoms. The van der Waals surface area contributed by atoms with Crippen LogP contribution in [0.5, 0.6) is 0 Å². The summed E-state index contributed by atoms with van der Waals surface area (Å²) in [5.41, 5.74) is 3.67. The third-order valence-corrected chi connectivity index (χ3v) is 6.60. The zero-order valence-corrected chi connectivity index (χ0v) is 15.3. The monoisotopic (exact) mass is 365 g/mol. The summed E-state index contributed by atoms with van der Waals surface area (Å²) in [5.74, 6) is 0. The van der Waals surface area contributed by atoms with E-state index in [0.29, 0.717) is 26.2 Å². The van der Waals surface area contributed by atoms with Crippen LogP contribution < -0.4 is 4.90 Å². The number of hydrogen-bond acceptors (Lipinski definition) is 4. The Labute approximate surface area is 147 Å². The zero-order valence-electron chi connectivity index (χ0n) is 13.7. The van der Waals surface area contributed by atoms with Crippen LogP contribution in [-0.4, -0.2) is 43.9 Å². The van der Waals surface area contributed by atoms with Crippen molar-refractivity contribution in [1.29, 1.82) is 0 Å². The number of anilines is 1. The van der Waals surface area contributed by atoms with Crippen molar-refractivity contribution in [2.45, 2.75) is 18.7 Å². The molecule has 1 aromatic carbocycles. The summed E-state index contributed by atoms with van der Waals surface area (Å²) in [6.07, 6.45) is 1.31. The number of benzene rings is 1. The molecule has 1 saturated heterocycles. The second kappa shape index (κ2) is 6.70. The molecule has 0 atom stereocenters. The Balaban J connectivity index is 1.75. The number of aryl methyl sites for hydroxylation is 1. The molecule has 1 aliphatic heterocycles. The number of rotatable bonds is 3. The molecule has 2 aromatic rings. The van der Waals surface area contributed by atoms with E-state index in [9.17, 15) is 8.42 Å². The fourth-order valence-electron chi connectivity index (χ4n) is 2.91. The molecule has 0 N–H and O–H groups in total. The van der Waals surface area contributed by atoms with Crippen LogP contribution in [0.3, 0.4) is 0 Å². The van der Waals surface area contributed by atoms with Gasteiger partial charge in [-0.05, 0) is 43.2 Å². The normalized spacial score (nSPS) is 16.4. The molecular formula is C17H20ClN3O2S. The highest BCUT2D eigenvalue weighted by Crippen LogP contribution is 2.25. The quantitative estimate of drug-likeness (QED) is 0.785. The number of pyridine rings is 1. The summed E-state index contributed by atoms with van der Waals surface area (Å²) >= 11 is 5.74. The van der Waals surface area contributed by atoms with Gasteiger partial charge in [-0.2, -0.15) is 4.31 Å². The molecule has 0 spiro atoms. The second-order valence-electron chi connectivity index (χ2n) is 5.93. The highest BCUT2D eigenvalue weighted by atomic mass is 35.5. The third kappa shape index (κ3) is 3.27. The van der Waals surface area contributed by atoms with Gasteiger partial charge in [0.2, 0.25) is 10.0 Å². The van der Waals surface area contributed by atoms with Crippen molar-refractivity contribution in [3.63, 3.8) is 0 Å². The number of piperazine rings is 1. The Morgan fingerprint density at radius 2 is 1.75 bits per heavy atom. The van der Waals surface area contributed by atoms with Crippen LogP contribution >= 0.6 is 11.6 Å². The SMILES string of the molecule is Cc1cccc(N2CCN(S(=O)(=O)c3ccc(Cl)nc3)CC2)c1C. The van der Waals surface area contributed by atoms with E-state index < -0.39 is 10.0 Å². The Kier molecular flexibility index (Phi) is 4.80. The van der Waals surface area contributed by atoms with E-state index in [1.54, 1.807) is 0 Å². The van der Waals surface area contributed by atoms with E-state index in [0.717, 1.165) is 0 Å². The molecular weight excluding hydrogens is 346 g/mol. The molecule has 2 heterocycles. The lowest BCUT2D eigenvalue weighted by Gasteiger charge is -2.36. The largest absolute Gasteiger partial charge is 0.369 e. The lowest BCUT2D eigenvalue weighted by atomic mass is 10.1. The average molecular weight is 366 g/mol. The van der Waals surface area contributed by atoms with Gasteiger partial charge in [0.05, 0.1) is 0 Å². The Hall–Kier alpha value is -1.63. The minimum absolute atomic E-state index is 0.187. The maximum Gasteiger partial charge on any atom is 0.244 e. The van der Waals surface area contributed by atoms with Gasteiger partial charge in [0.25, 0.3) is 0 Å². The fraction of sp³-hybridized carbons (Fsp3) is 0.353. The van der Waals surface area contributed by atoms with Crippen LogP contribution in [-0.2, 0) is 10.0 Å². The van der Waals surface area contributed by atoms with Crippen LogP contribution in [0.15, 0.2) is 41.4 Å². The minimum Gasteiger partial charge on any atom is -0.369 e. The van der Waals surface area contributed by atoms with Crippen molar-refractivity contribution in [1.82, 2.24) is 9.29 Å². The van der Waals surface area contributed by atoms with E-state index in [1.807, 2.05) is 6.07 Å². The van der Waals surface area contributed by atoms with Gasteiger partial charge in [0.1, 0.15) is 10.0 Å². The van der Waals surface area contributed by atoms with Crippen molar-refractivity contribution < 1.29 is 8.42 Å². The summed E-state index contributed by atoms with van der Waals surface area (Å²) in [4.78, 5) is 6.30. The number of sulfonamides is 1. The topological polar surface area (TPSA) is 53.5 Å². The summed E-state index contributed by atoms with van der Waals surface area (Å²) in [6.45, 7) is 6.45. The molecule has 0 saturated carbocycles. The van der Waals surface area contributed by atoms with Crippen LogP contribution in [0.1, 0.15) is 11.1 Å². The third-order valence-electron chi connectivity index (χ3n) is 4.49. The Morgan fingerprint density at radius 3 is 2.38 bits per heavy atom. The Bertz CT molecular complexity index is 829. The summed E-state index contributed by atoms with van der Waals surface area (Å²) < 4.78 is 26.9. The molecule has 0 bridgehead atoms. The van der Waals surface area contributed by atoms with Crippen molar-refractivity contribution in [3.8, 4) is 0 Å². The molecule has 1 fully saturated rings. The smallest absolute Gasteiger partial charge is 0.244 e. The van der Waals surface area contributed by atoms with Crippen LogP contribution in [0, 0.1) is 13.8 Å². The van der Waals surface area contributed by atoms with E-state index in [4.69, 9.17) is 11.6 Å². The Morgan fingerprint density at radius 1 is 1.04 bits per heavy atom. The summed E-state index contributed by atoms with van der Waals surface area (Å²) in [6, 6.07) is 9.23. The number of hydrogen-bond donors (Lipinski definition) is 0. The number of nitrogens with zero attached hydrogens (tertiary/aromatic N) is 3. The van der Waals surface area contributed by atoms with E-state index in [2.05, 4.69) is 35.9 Å². The van der Waals surface area contributed by atoms with Crippen LogP contribution in [0.25, 0.3) is 0 Å². The highest BCUT2D eigenvalue weighted by Gasteiger charge is 2.29. The predicted molar refractivity (Wildman–Crippen MR) is 96.1 cm³/mol. The zero-order chi connectivity index (χ0) is 17.3. The molecule has 1 aromatic heterocycles. The fourth-order valence-corrected chi connectivity index (χ4v) is 4.39. The second-order valence-corrected chi connectivity index (χ2v) is 8.25. The number of halogens is 1. The van der Waals surface area contributed by atoms with Gasteiger partial charge in [-0.15, -0.1) is 0 Å². The van der Waals surface area contributed by atoms with Crippen molar-refractivity contribution in [2.75, 3.05) is 31.1 Å². The molecule has 0 amide bonds. The highest BCUT2D eigenvalue weighted by molar-refractivity contribution is 7.89. The van der Waals surface area contributed by atoms with Crippen LogP contribution in [0.4, 0.5) is 5.69 Å². The van der Waals surface area contributed by atoms with Gasteiger partial charge >= 0.3 is 0 Å². The van der Waals surface area contributed by atoms with Gasteiger partial charge < -0.3 is 4.90 Å². The van der Waals surface area contributed by atoms with Crippen LogP contribution in [0.2, 0.25) is 5.15 Å². The summed E-state index contributed by atoms with van der Waals surface area (Å²) in [5, 5.41) is 0.286. The molecule has 1 aliphatic rings. The van der Waals surface area contributed by atoms with Crippen molar-refractivity contribution in [3.05, 3.63) is 52.8 Å². The minimum atomic E-state index is -3.52. The van der Waals surface area contributed by atoms with Gasteiger partial charge in [0, 0.05) is 38.1 Å². The molecule has 5 nitrogen and oxygen atoms in total. The maximum absolute atomic E-state index is 12.7. The first-order valence-corrected chi connectivity index (χ1v) is 9.64. The van der Waals surface area contributed by atoms with E-state index in [-0.39, 0.29) is 10.0 Å². The predicted octanol–water partition coefficient (Wildman–Crippen LogP) is 2.86. The first-order chi connectivity index (χ1) is 11.4. The molecule has 0 unspecified atom stereocenters. The van der Waals surface area contributed by atoms with Gasteiger partial charge in [-0.3, -0.25) is 0 Å². The lowest BCUT2D eigenvalue weighted by molar-refractivity contribution is 0.384. The standard InChI is InChI=1S/C17H20ClN3O2S/c1-13-4-3-5-16(14(13)2)20-8-10-21(11-9-20)24(22,23)15-6-7-17(18)19-12-15/h3-7,12H,8-11H2,1-2H3. The van der Waals surface area contributed by atoms with E-state index in [1.165, 1.54) is 39.4 Å². The van der Waals surface area contributed by atoms with Gasteiger partial charge in [-0.1, -0.05) is 23.7 Å². The van der Waals surface area contributed by atoms with Gasteiger partial charge in [-0.25, -0.2) is 13.4 Å². The molecule has 128 valence electrons. The van der Waals surface area contributed by atoms with Gasteiger partial charge in [0.15, 0.2) is 0 Å². The molecule has 0 radical (unpaired) electrons. The van der Waals surface area contributed by atoms with E-state index >= 15 is 0 Å². The maximum atomic E-state index is 12.7.